The number of nitrogens with zero attached hydrogens (tertiary/aromatic N) is 3. The molecule has 0 unspecified atom stereocenters. The van der Waals surface area contributed by atoms with Crippen LogP contribution in [0.25, 0.3) is 0 Å². The molecule has 106 valence electrons. The van der Waals surface area contributed by atoms with E-state index >= 15 is 0 Å². The summed E-state index contributed by atoms with van der Waals surface area (Å²) in [5.74, 6) is 0.216. The molecule has 0 aliphatic heterocycles. The molecule has 0 aromatic carbocycles. The predicted molar refractivity (Wildman–Crippen MR) is 82.2 cm³/mol. The maximum atomic E-state index is 12.7. The zero-order valence-corrected chi connectivity index (χ0v) is 14.4. The van der Waals surface area contributed by atoms with Crippen LogP contribution in [0.4, 0.5) is 0 Å². The van der Waals surface area contributed by atoms with Gasteiger partial charge in [0.15, 0.2) is 11.4 Å². The number of hydrogen-bond acceptors (Lipinski definition) is 4. The molecule has 0 fully saturated rings. The zero-order valence-electron chi connectivity index (χ0n) is 11.2. The van der Waals surface area contributed by atoms with Gasteiger partial charge in [-0.25, -0.2) is 0 Å². The van der Waals surface area contributed by atoms with Gasteiger partial charge < -0.3 is 4.74 Å². The molecule has 0 aliphatic carbocycles. The number of rotatable bonds is 4. The number of ether oxygens (including phenoxy) is 1. The first kappa shape index (κ1) is 15.2. The van der Waals surface area contributed by atoms with Crippen molar-refractivity contribution in [3.8, 4) is 5.75 Å². The topological polar surface area (TPSA) is 57.0 Å². The van der Waals surface area contributed by atoms with Gasteiger partial charge in [0.1, 0.15) is 5.69 Å². The highest BCUT2D eigenvalue weighted by Crippen LogP contribution is 2.27. The number of pyridine rings is 1. The van der Waals surface area contributed by atoms with Gasteiger partial charge in [-0.2, -0.15) is 5.10 Å². The number of carbonyl (C=O) groups is 1. The number of carbonyl (C=O) groups excluding carboxylic acids is 1. The van der Waals surface area contributed by atoms with Crippen LogP contribution < -0.4 is 4.74 Å². The summed E-state index contributed by atoms with van der Waals surface area (Å²) in [5, 5.41) is 4.20. The highest BCUT2D eigenvalue weighted by Gasteiger charge is 2.25. The van der Waals surface area contributed by atoms with Crippen LogP contribution in [0.2, 0.25) is 0 Å². The highest BCUT2D eigenvalue weighted by atomic mass is 79.9. The number of halogens is 2. The summed E-state index contributed by atoms with van der Waals surface area (Å²) in [7, 11) is 1.52. The van der Waals surface area contributed by atoms with Crippen molar-refractivity contribution in [1.82, 2.24) is 14.8 Å². The Kier molecular flexibility index (Phi) is 4.59. The minimum absolute atomic E-state index is 0.0482. The summed E-state index contributed by atoms with van der Waals surface area (Å²) in [6, 6.07) is 1.83. The third kappa shape index (κ3) is 2.78. The van der Waals surface area contributed by atoms with E-state index in [9.17, 15) is 4.79 Å². The minimum Gasteiger partial charge on any atom is -0.493 e. The van der Waals surface area contributed by atoms with Crippen LogP contribution in [0.15, 0.2) is 27.4 Å². The Labute approximate surface area is 133 Å². The highest BCUT2D eigenvalue weighted by molar-refractivity contribution is 9.11. The van der Waals surface area contributed by atoms with Crippen LogP contribution in [-0.4, -0.2) is 27.7 Å². The average Bonchev–Trinajstić information content (AvgIpc) is 2.81. The second kappa shape index (κ2) is 6.05. The molecule has 2 heterocycles. The molecule has 0 radical (unpaired) electrons. The predicted octanol–water partition coefficient (Wildman–Crippen LogP) is 3.62. The third-order valence-corrected chi connectivity index (χ3v) is 3.75. The molecule has 0 saturated heterocycles. The molecule has 20 heavy (non-hydrogen) atoms. The molecule has 0 spiro atoms. The number of hydrogen-bond donors (Lipinski definition) is 0. The van der Waals surface area contributed by atoms with Crippen LogP contribution in [0.3, 0.4) is 0 Å². The molecule has 2 aromatic heterocycles. The van der Waals surface area contributed by atoms with E-state index in [1.165, 1.54) is 7.11 Å². The lowest BCUT2D eigenvalue weighted by molar-refractivity contribution is 0.101. The number of aromatic nitrogens is 3. The summed E-state index contributed by atoms with van der Waals surface area (Å²) in [6.45, 7) is 3.90. The lowest BCUT2D eigenvalue weighted by Gasteiger charge is -2.11. The largest absolute Gasteiger partial charge is 0.493 e. The third-order valence-electron chi connectivity index (χ3n) is 2.71. The fraction of sp³-hybridized carbons (Fsp3) is 0.308. The van der Waals surface area contributed by atoms with Gasteiger partial charge in [0.05, 0.1) is 13.3 Å². The van der Waals surface area contributed by atoms with E-state index in [1.807, 2.05) is 13.8 Å². The summed E-state index contributed by atoms with van der Waals surface area (Å²) in [6.07, 6.45) is 3.13. The normalized spacial score (nSPS) is 10.9. The zero-order chi connectivity index (χ0) is 14.9. The van der Waals surface area contributed by atoms with Crippen molar-refractivity contribution in [2.75, 3.05) is 7.11 Å². The first-order chi connectivity index (χ1) is 9.45. The van der Waals surface area contributed by atoms with Crippen LogP contribution in [0, 0.1) is 0 Å². The van der Waals surface area contributed by atoms with E-state index < -0.39 is 0 Å². The Morgan fingerprint density at radius 2 is 2.05 bits per heavy atom. The summed E-state index contributed by atoms with van der Waals surface area (Å²) in [4.78, 5) is 16.9. The van der Waals surface area contributed by atoms with Crippen LogP contribution in [0.5, 0.6) is 5.75 Å². The maximum Gasteiger partial charge on any atom is 0.234 e. The van der Waals surface area contributed by atoms with Crippen molar-refractivity contribution in [2.45, 2.75) is 19.9 Å². The first-order valence-electron chi connectivity index (χ1n) is 5.93. The molecule has 0 bridgehead atoms. The molecule has 0 atom stereocenters. The van der Waals surface area contributed by atoms with E-state index in [2.05, 4.69) is 41.9 Å². The Morgan fingerprint density at radius 1 is 1.35 bits per heavy atom. The van der Waals surface area contributed by atoms with E-state index in [0.717, 1.165) is 4.47 Å². The molecule has 0 aliphatic rings. The Morgan fingerprint density at radius 3 is 2.60 bits per heavy atom. The van der Waals surface area contributed by atoms with E-state index in [4.69, 9.17) is 4.74 Å². The van der Waals surface area contributed by atoms with Crippen LogP contribution >= 0.6 is 31.9 Å². The fourth-order valence-corrected chi connectivity index (χ4v) is 2.96. The van der Waals surface area contributed by atoms with Crippen molar-refractivity contribution >= 4 is 37.6 Å². The van der Waals surface area contributed by atoms with Gasteiger partial charge in [-0.3, -0.25) is 14.5 Å². The Balaban J connectivity index is 2.55. The van der Waals surface area contributed by atoms with Gasteiger partial charge >= 0.3 is 0 Å². The van der Waals surface area contributed by atoms with E-state index in [-0.39, 0.29) is 11.8 Å². The standard InChI is InChI=1S/C13H13Br2N3O2/c1-7(2)18-12(10(20-3)6-17-18)13(19)11-9(15)4-8(14)5-16-11/h4-7H,1-3H3. The Hall–Kier alpha value is -1.21. The summed E-state index contributed by atoms with van der Waals surface area (Å²) >= 11 is 6.67. The average molecular weight is 403 g/mol. The lowest BCUT2D eigenvalue weighted by Crippen LogP contribution is -2.15. The van der Waals surface area contributed by atoms with Crippen LogP contribution in [0.1, 0.15) is 36.1 Å². The van der Waals surface area contributed by atoms with Crippen LogP contribution in [-0.2, 0) is 0 Å². The molecular formula is C13H13Br2N3O2. The van der Waals surface area contributed by atoms with Crippen molar-refractivity contribution in [2.24, 2.45) is 0 Å². The van der Waals surface area contributed by atoms with E-state index in [0.29, 0.717) is 21.6 Å². The van der Waals surface area contributed by atoms with Gasteiger partial charge in [0, 0.05) is 21.2 Å². The molecule has 0 amide bonds. The maximum absolute atomic E-state index is 12.7. The fourth-order valence-electron chi connectivity index (χ4n) is 1.80. The number of methoxy groups -OCH3 is 1. The molecule has 2 aromatic rings. The van der Waals surface area contributed by atoms with Crippen molar-refractivity contribution in [3.05, 3.63) is 38.8 Å². The lowest BCUT2D eigenvalue weighted by atomic mass is 10.1. The first-order valence-corrected chi connectivity index (χ1v) is 7.51. The van der Waals surface area contributed by atoms with Gasteiger partial charge in [0.25, 0.3) is 0 Å². The van der Waals surface area contributed by atoms with Gasteiger partial charge in [-0.05, 0) is 51.8 Å². The smallest absolute Gasteiger partial charge is 0.234 e. The second-order valence-electron chi connectivity index (χ2n) is 4.41. The van der Waals surface area contributed by atoms with Crippen molar-refractivity contribution < 1.29 is 9.53 Å². The van der Waals surface area contributed by atoms with Gasteiger partial charge in [0.2, 0.25) is 5.78 Å². The number of ketones is 1. The van der Waals surface area contributed by atoms with Crippen molar-refractivity contribution in [1.29, 1.82) is 0 Å². The van der Waals surface area contributed by atoms with E-state index in [1.54, 1.807) is 23.1 Å². The summed E-state index contributed by atoms with van der Waals surface area (Å²) < 4.78 is 8.28. The molecule has 0 saturated carbocycles. The van der Waals surface area contributed by atoms with Gasteiger partial charge in [-0.1, -0.05) is 0 Å². The Bertz CT molecular complexity index is 653. The van der Waals surface area contributed by atoms with Crippen molar-refractivity contribution in [3.63, 3.8) is 0 Å². The second-order valence-corrected chi connectivity index (χ2v) is 6.18. The molecule has 0 N–H and O–H groups in total. The molecule has 5 nitrogen and oxygen atoms in total. The molecular weight excluding hydrogens is 390 g/mol. The molecule has 7 heteroatoms. The monoisotopic (exact) mass is 401 g/mol. The quantitative estimate of drug-likeness (QED) is 0.732. The molecule has 2 rings (SSSR count). The summed E-state index contributed by atoms with van der Waals surface area (Å²) in [5.41, 5.74) is 0.729. The SMILES string of the molecule is COc1cnn(C(C)C)c1C(=O)c1ncc(Br)cc1Br. The van der Waals surface area contributed by atoms with Gasteiger partial charge in [-0.15, -0.1) is 0 Å². The minimum atomic E-state index is -0.229.